The first kappa shape index (κ1) is 44.0. The molecule has 3 heterocycles. The quantitative estimate of drug-likeness (QED) is 0.141. The summed E-state index contributed by atoms with van der Waals surface area (Å²) >= 11 is 0. The number of nitrogens with zero attached hydrogens (tertiary/aromatic N) is 3. The average Bonchev–Trinajstić information content (AvgIpc) is 3.80. The first-order chi connectivity index (χ1) is 29.4. The van der Waals surface area contributed by atoms with E-state index in [1.54, 1.807) is 66.0 Å². The van der Waals surface area contributed by atoms with Gasteiger partial charge in [-0.2, -0.15) is 0 Å². The number of benzene rings is 2. The molecule has 3 aliphatic rings. The van der Waals surface area contributed by atoms with Gasteiger partial charge in [0.15, 0.2) is 0 Å². The first-order valence-electron chi connectivity index (χ1n) is 20.9. The van der Waals surface area contributed by atoms with Gasteiger partial charge in [-0.1, -0.05) is 44.2 Å². The molecule has 15 nitrogen and oxygen atoms in total. The van der Waals surface area contributed by atoms with Crippen LogP contribution < -0.4 is 24.8 Å². The van der Waals surface area contributed by atoms with E-state index >= 15 is 0 Å². The summed E-state index contributed by atoms with van der Waals surface area (Å²) in [6.45, 7) is 12.4. The highest BCUT2D eigenvalue weighted by atomic mass is 32.2. The third kappa shape index (κ3) is 9.39. The van der Waals surface area contributed by atoms with Gasteiger partial charge in [-0.15, -0.1) is 6.58 Å². The summed E-state index contributed by atoms with van der Waals surface area (Å²) in [5, 5.41) is 6.17. The number of carbonyl (C=O) groups is 4. The van der Waals surface area contributed by atoms with Gasteiger partial charge in [0, 0.05) is 35.6 Å². The molecule has 3 N–H and O–H groups in total. The second kappa shape index (κ2) is 17.4. The van der Waals surface area contributed by atoms with Gasteiger partial charge in [-0.05, 0) is 94.7 Å². The molecule has 16 heteroatoms. The molecule has 1 aliphatic heterocycles. The summed E-state index contributed by atoms with van der Waals surface area (Å²) in [7, 11) is -2.72. The number of likely N-dealkylation sites (tertiary alicyclic amines) is 1. The van der Waals surface area contributed by atoms with E-state index in [-0.39, 0.29) is 24.3 Å². The van der Waals surface area contributed by atoms with Crippen molar-refractivity contribution in [1.82, 2.24) is 30.2 Å². The second-order valence-corrected chi connectivity index (χ2v) is 19.2. The Bertz CT molecular complexity index is 2510. The van der Waals surface area contributed by atoms with Crippen molar-refractivity contribution in [3.63, 3.8) is 0 Å². The molecule has 2 aliphatic carbocycles. The SMILES string of the molecule is C=C[C@@H]1C[C@]1(NC(=O)[C@@H]1C[C@@H](Oc2cc(-c3ccc4c(n3)CCCC4)nc3cc(OC)ccc23)CN1C(=O)[C@@H](NC(=O)OC(C)(C)C)C(C)C)C(=O)NS(=O)(=O)c1ccccc1. The number of hydrogen-bond acceptors (Lipinski definition) is 11. The number of ether oxygens (including phenoxy) is 3. The van der Waals surface area contributed by atoms with Crippen LogP contribution in [0.5, 0.6) is 11.5 Å². The Balaban J connectivity index is 1.22. The summed E-state index contributed by atoms with van der Waals surface area (Å²) in [5.41, 5.74) is 1.59. The molecule has 2 aromatic carbocycles. The van der Waals surface area contributed by atoms with Crippen LogP contribution in [0, 0.1) is 11.8 Å². The van der Waals surface area contributed by atoms with Crippen LogP contribution in [0.15, 0.2) is 84.3 Å². The van der Waals surface area contributed by atoms with Crippen LogP contribution in [0.25, 0.3) is 22.3 Å². The van der Waals surface area contributed by atoms with Crippen molar-refractivity contribution in [3.8, 4) is 22.9 Å². The van der Waals surface area contributed by atoms with E-state index in [1.165, 1.54) is 40.8 Å². The number of aryl methyl sites for hydroxylation is 2. The standard InChI is InChI=1S/C46H54N6O9S/c1-8-29-25-46(29,43(55)51-62(57,58)32-15-10-9-11-16-32)50-41(53)38-23-31(26-52(38)42(54)40(27(2)3)49-44(56)61-45(4,5)6)60-39-24-37(48-36-22-30(59-7)19-20-33(36)39)35-21-18-28-14-12-13-17-34(28)47-35/h8-11,15-16,18-22,24,27,29,31,38,40H,1,12-14,17,23,25-26H2,2-7H3,(H,49,56)(H,50,53)(H,51,55)/t29-,31-,38+,40+,46-/m1/s1. The second-order valence-electron chi connectivity index (χ2n) is 17.5. The zero-order chi connectivity index (χ0) is 44.6. The van der Waals surface area contributed by atoms with Crippen LogP contribution in [0.1, 0.15) is 71.6 Å². The largest absolute Gasteiger partial charge is 0.497 e. The molecule has 0 spiro atoms. The number of nitrogens with one attached hydrogen (secondary N) is 3. The number of alkyl carbamates (subject to hydrolysis) is 1. The molecule has 62 heavy (non-hydrogen) atoms. The lowest BCUT2D eigenvalue weighted by Gasteiger charge is -2.31. The highest BCUT2D eigenvalue weighted by Gasteiger charge is 2.61. The van der Waals surface area contributed by atoms with E-state index < -0.39 is 75.0 Å². The molecule has 0 radical (unpaired) electrons. The number of sulfonamides is 1. The Labute approximate surface area is 362 Å². The van der Waals surface area contributed by atoms with Crippen molar-refractivity contribution in [2.75, 3.05) is 13.7 Å². The number of hydrogen-bond donors (Lipinski definition) is 3. The Morgan fingerprint density at radius 3 is 2.39 bits per heavy atom. The topological polar surface area (TPSA) is 195 Å². The zero-order valence-corrected chi connectivity index (χ0v) is 36.7. The lowest BCUT2D eigenvalue weighted by atomic mass is 9.95. The van der Waals surface area contributed by atoms with Crippen LogP contribution in [0.2, 0.25) is 0 Å². The molecular weight excluding hydrogens is 813 g/mol. The van der Waals surface area contributed by atoms with Gasteiger partial charge in [0.1, 0.15) is 40.8 Å². The number of rotatable bonds is 13. The summed E-state index contributed by atoms with van der Waals surface area (Å²) in [4.78, 5) is 67.3. The molecule has 1 saturated carbocycles. The Kier molecular flexibility index (Phi) is 12.3. The maximum Gasteiger partial charge on any atom is 0.408 e. The zero-order valence-electron chi connectivity index (χ0n) is 35.9. The van der Waals surface area contributed by atoms with E-state index in [2.05, 4.69) is 28.0 Å². The maximum absolute atomic E-state index is 14.6. The van der Waals surface area contributed by atoms with Gasteiger partial charge >= 0.3 is 6.09 Å². The highest BCUT2D eigenvalue weighted by molar-refractivity contribution is 7.90. The van der Waals surface area contributed by atoms with Crippen LogP contribution in [-0.2, 0) is 42.0 Å². The van der Waals surface area contributed by atoms with Gasteiger partial charge in [0.05, 0.1) is 35.5 Å². The molecule has 2 fully saturated rings. The molecular formula is C46H54N6O9S. The normalized spacial score (nSPS) is 21.3. The number of aromatic nitrogens is 2. The number of fused-ring (bicyclic) bond motifs is 2. The Morgan fingerprint density at radius 2 is 1.71 bits per heavy atom. The molecule has 5 atom stereocenters. The van der Waals surface area contributed by atoms with Gasteiger partial charge in [0.25, 0.3) is 15.9 Å². The molecule has 0 bridgehead atoms. The summed E-state index contributed by atoms with van der Waals surface area (Å²) in [6.07, 6.45) is 4.01. The van der Waals surface area contributed by atoms with E-state index in [4.69, 9.17) is 24.2 Å². The van der Waals surface area contributed by atoms with E-state index in [9.17, 15) is 27.6 Å². The fraction of sp³-hybridized carbons (Fsp3) is 0.435. The van der Waals surface area contributed by atoms with Crippen LogP contribution >= 0.6 is 0 Å². The number of pyridine rings is 2. The summed E-state index contributed by atoms with van der Waals surface area (Å²) < 4.78 is 46.4. The fourth-order valence-corrected chi connectivity index (χ4v) is 9.21. The molecule has 4 aromatic rings. The average molecular weight is 867 g/mol. The molecule has 328 valence electrons. The van der Waals surface area contributed by atoms with Crippen molar-refractivity contribution >= 4 is 44.7 Å². The maximum atomic E-state index is 14.6. The van der Waals surface area contributed by atoms with Gasteiger partial charge in [-0.3, -0.25) is 19.4 Å². The summed E-state index contributed by atoms with van der Waals surface area (Å²) in [5.74, 6) is -2.21. The third-order valence-corrected chi connectivity index (χ3v) is 12.8. The minimum Gasteiger partial charge on any atom is -0.497 e. The molecule has 0 unspecified atom stereocenters. The lowest BCUT2D eigenvalue weighted by molar-refractivity contribution is -0.141. The Hall–Kier alpha value is -6.03. The van der Waals surface area contributed by atoms with E-state index in [1.807, 2.05) is 12.1 Å². The van der Waals surface area contributed by atoms with Crippen LogP contribution in [-0.4, -0.2) is 90.1 Å². The van der Waals surface area contributed by atoms with Crippen molar-refractivity contribution < 1.29 is 41.8 Å². The highest BCUT2D eigenvalue weighted by Crippen LogP contribution is 2.45. The number of methoxy groups -OCH3 is 1. The van der Waals surface area contributed by atoms with Crippen LogP contribution in [0.3, 0.4) is 0 Å². The molecule has 2 aromatic heterocycles. The van der Waals surface area contributed by atoms with Crippen molar-refractivity contribution in [3.05, 3.63) is 90.6 Å². The summed E-state index contributed by atoms with van der Waals surface area (Å²) in [6, 6.07) is 16.4. The third-order valence-electron chi connectivity index (χ3n) is 11.5. The minimum absolute atomic E-state index is 0.0139. The minimum atomic E-state index is -4.29. The smallest absolute Gasteiger partial charge is 0.408 e. The molecule has 4 amide bonds. The van der Waals surface area contributed by atoms with Crippen molar-refractivity contribution in [2.24, 2.45) is 11.8 Å². The van der Waals surface area contributed by atoms with E-state index in [0.29, 0.717) is 33.8 Å². The fourth-order valence-electron chi connectivity index (χ4n) is 8.15. The van der Waals surface area contributed by atoms with E-state index in [0.717, 1.165) is 31.4 Å². The van der Waals surface area contributed by atoms with Crippen molar-refractivity contribution in [2.45, 2.75) is 107 Å². The molecule has 7 rings (SSSR count). The van der Waals surface area contributed by atoms with Crippen LogP contribution in [0.4, 0.5) is 4.79 Å². The first-order valence-corrected chi connectivity index (χ1v) is 22.4. The van der Waals surface area contributed by atoms with Gasteiger partial charge < -0.3 is 29.7 Å². The number of carbonyl (C=O) groups excluding carboxylic acids is 4. The van der Waals surface area contributed by atoms with Crippen molar-refractivity contribution in [1.29, 1.82) is 0 Å². The number of amides is 4. The Morgan fingerprint density at radius 1 is 0.968 bits per heavy atom. The predicted molar refractivity (Wildman–Crippen MR) is 232 cm³/mol. The predicted octanol–water partition coefficient (Wildman–Crippen LogP) is 5.65. The lowest BCUT2D eigenvalue weighted by Crippen LogP contribution is -2.59. The monoisotopic (exact) mass is 866 g/mol. The van der Waals surface area contributed by atoms with Gasteiger partial charge in [0.2, 0.25) is 11.8 Å². The molecule has 1 saturated heterocycles. The van der Waals surface area contributed by atoms with Gasteiger partial charge in [-0.25, -0.2) is 22.9 Å².